The molecule has 4 rings (SSSR count). The monoisotopic (exact) mass is 410 g/mol. The molecule has 0 N–H and O–H groups in total. The zero-order valence-electron chi connectivity index (χ0n) is 16.9. The molecule has 29 heavy (non-hydrogen) atoms. The van der Waals surface area contributed by atoms with E-state index < -0.39 is 17.9 Å². The number of rotatable bonds is 3. The lowest BCUT2D eigenvalue weighted by molar-refractivity contribution is -0.275. The van der Waals surface area contributed by atoms with Crippen LogP contribution in [0.25, 0.3) is 0 Å². The van der Waals surface area contributed by atoms with Gasteiger partial charge in [-0.25, -0.2) is 4.39 Å². The number of ether oxygens (including phenoxy) is 1. The summed E-state index contributed by atoms with van der Waals surface area (Å²) in [5, 5.41) is 0. The minimum absolute atomic E-state index is 0.238. The van der Waals surface area contributed by atoms with E-state index in [4.69, 9.17) is 0 Å². The third-order valence-electron chi connectivity index (χ3n) is 7.70. The van der Waals surface area contributed by atoms with E-state index in [0.717, 1.165) is 54.6 Å². The molecule has 3 fully saturated rings. The number of fused-ring (bicyclic) bond motifs is 3. The molecule has 6 unspecified atom stereocenters. The fourth-order valence-electron chi connectivity index (χ4n) is 6.56. The highest BCUT2D eigenvalue weighted by Crippen LogP contribution is 2.55. The minimum atomic E-state index is -4.87. The Hall–Kier alpha value is -1.52. The van der Waals surface area contributed by atoms with E-state index in [1.54, 1.807) is 6.07 Å². The molecule has 160 valence electrons. The number of alkyl halides is 3. The molecule has 0 saturated heterocycles. The first-order valence-corrected chi connectivity index (χ1v) is 11.0. The molecule has 0 aliphatic heterocycles. The molecule has 0 spiro atoms. The van der Waals surface area contributed by atoms with Gasteiger partial charge in [-0.05, 0) is 111 Å². The van der Waals surface area contributed by atoms with E-state index in [9.17, 15) is 17.6 Å². The van der Waals surface area contributed by atoms with Crippen LogP contribution in [0.2, 0.25) is 0 Å². The van der Waals surface area contributed by atoms with Crippen LogP contribution in [-0.4, -0.2) is 6.36 Å². The molecule has 0 heterocycles. The van der Waals surface area contributed by atoms with Gasteiger partial charge in [0.2, 0.25) is 0 Å². The zero-order valence-corrected chi connectivity index (χ0v) is 16.9. The van der Waals surface area contributed by atoms with Crippen LogP contribution in [0.3, 0.4) is 0 Å². The smallest absolute Gasteiger partial charge is 0.403 e. The van der Waals surface area contributed by atoms with Gasteiger partial charge in [0.05, 0.1) is 0 Å². The minimum Gasteiger partial charge on any atom is -0.403 e. The van der Waals surface area contributed by atoms with Crippen LogP contribution >= 0.6 is 0 Å². The van der Waals surface area contributed by atoms with E-state index >= 15 is 0 Å². The molecular formula is C24H30F4O. The van der Waals surface area contributed by atoms with Gasteiger partial charge in [0.25, 0.3) is 0 Å². The van der Waals surface area contributed by atoms with Gasteiger partial charge >= 0.3 is 6.36 Å². The zero-order chi connectivity index (χ0) is 20.6. The second kappa shape index (κ2) is 8.31. The Bertz CT molecular complexity index is 741. The first-order valence-electron chi connectivity index (χ1n) is 11.0. The van der Waals surface area contributed by atoms with Crippen molar-refractivity contribution in [2.45, 2.75) is 70.6 Å². The summed E-state index contributed by atoms with van der Waals surface area (Å²) in [5.74, 6) is 2.43. The van der Waals surface area contributed by atoms with Crippen molar-refractivity contribution in [3.05, 3.63) is 41.7 Å². The molecule has 3 saturated carbocycles. The maximum atomic E-state index is 14.2. The van der Waals surface area contributed by atoms with Gasteiger partial charge in [-0.3, -0.25) is 0 Å². The Labute approximate surface area is 170 Å². The van der Waals surface area contributed by atoms with Crippen LogP contribution in [0.1, 0.15) is 69.8 Å². The Balaban J connectivity index is 1.41. The average Bonchev–Trinajstić information content (AvgIpc) is 2.68. The van der Waals surface area contributed by atoms with Crippen molar-refractivity contribution >= 4 is 0 Å². The highest BCUT2D eigenvalue weighted by molar-refractivity contribution is 5.32. The lowest BCUT2D eigenvalue weighted by atomic mass is 9.55. The fourth-order valence-corrected chi connectivity index (χ4v) is 6.56. The molecule has 5 heteroatoms. The van der Waals surface area contributed by atoms with Crippen LogP contribution in [0, 0.1) is 35.4 Å². The van der Waals surface area contributed by atoms with E-state index in [1.165, 1.54) is 38.2 Å². The Morgan fingerprint density at radius 1 is 0.931 bits per heavy atom. The van der Waals surface area contributed by atoms with Gasteiger partial charge in [-0.15, -0.1) is 13.2 Å². The van der Waals surface area contributed by atoms with Crippen molar-refractivity contribution in [2.75, 3.05) is 0 Å². The van der Waals surface area contributed by atoms with Gasteiger partial charge in [0.1, 0.15) is 0 Å². The number of hydrogen-bond acceptors (Lipinski definition) is 1. The Kier molecular flexibility index (Phi) is 5.94. The Morgan fingerprint density at radius 2 is 1.62 bits per heavy atom. The molecule has 1 aromatic carbocycles. The molecular weight excluding hydrogens is 380 g/mol. The van der Waals surface area contributed by atoms with Crippen LogP contribution < -0.4 is 4.74 Å². The predicted molar refractivity (Wildman–Crippen MR) is 105 cm³/mol. The first kappa shape index (κ1) is 20.7. The predicted octanol–water partition coefficient (Wildman–Crippen LogP) is 7.63. The van der Waals surface area contributed by atoms with Gasteiger partial charge in [-0.1, -0.05) is 18.2 Å². The van der Waals surface area contributed by atoms with E-state index in [1.807, 2.05) is 0 Å². The van der Waals surface area contributed by atoms with E-state index in [2.05, 4.69) is 23.8 Å². The standard InChI is InChI=1S/C24H30F4O/c1-2-3-15-4-9-20-18(12-15)5-6-19-13-16(7-10-21(19)20)17-8-11-23(22(25)14-17)29-24(26,27)28/h2-3,8,11,14-16,18-21H,4-7,9-10,12-13H2,1H3/b3-2+. The van der Waals surface area contributed by atoms with Crippen LogP contribution in [-0.2, 0) is 0 Å². The number of hydrogen-bond donors (Lipinski definition) is 0. The summed E-state index contributed by atoms with van der Waals surface area (Å²) in [4.78, 5) is 0. The number of allylic oxidation sites excluding steroid dienone is 2. The largest absolute Gasteiger partial charge is 0.573 e. The van der Waals surface area contributed by atoms with Crippen molar-refractivity contribution in [3.8, 4) is 5.75 Å². The SMILES string of the molecule is C/C=C/C1CCC2C(CCC3CC(c4ccc(OC(F)(F)F)c(F)c4)CCC32)C1. The summed E-state index contributed by atoms with van der Waals surface area (Å²) in [5.41, 5.74) is 0.814. The topological polar surface area (TPSA) is 9.23 Å². The summed E-state index contributed by atoms with van der Waals surface area (Å²) in [7, 11) is 0. The van der Waals surface area contributed by atoms with Crippen LogP contribution in [0.4, 0.5) is 17.6 Å². The third-order valence-corrected chi connectivity index (χ3v) is 7.70. The number of halogens is 4. The molecule has 3 aliphatic rings. The third kappa shape index (κ3) is 4.64. The highest BCUT2D eigenvalue weighted by atomic mass is 19.4. The molecule has 1 aromatic rings. The van der Waals surface area contributed by atoms with Crippen molar-refractivity contribution < 1.29 is 22.3 Å². The molecule has 0 amide bonds. The molecule has 0 aromatic heterocycles. The Morgan fingerprint density at radius 3 is 2.28 bits per heavy atom. The molecule has 0 radical (unpaired) electrons. The summed E-state index contributed by atoms with van der Waals surface area (Å²) < 4.78 is 55.0. The quantitative estimate of drug-likeness (QED) is 0.368. The maximum absolute atomic E-state index is 14.2. The second-order valence-electron chi connectivity index (χ2n) is 9.27. The molecule has 0 bridgehead atoms. The molecule has 1 nitrogen and oxygen atoms in total. The van der Waals surface area contributed by atoms with Crippen molar-refractivity contribution in [1.82, 2.24) is 0 Å². The average molecular weight is 410 g/mol. The molecule has 6 atom stereocenters. The van der Waals surface area contributed by atoms with Crippen LogP contribution in [0.15, 0.2) is 30.4 Å². The lowest BCUT2D eigenvalue weighted by Gasteiger charge is -2.50. The normalized spacial score (nSPS) is 35.2. The molecule has 3 aliphatic carbocycles. The second-order valence-corrected chi connectivity index (χ2v) is 9.27. The van der Waals surface area contributed by atoms with Crippen LogP contribution in [0.5, 0.6) is 5.75 Å². The van der Waals surface area contributed by atoms with Gasteiger partial charge in [-0.2, -0.15) is 0 Å². The first-order chi connectivity index (χ1) is 13.8. The summed E-state index contributed by atoms with van der Waals surface area (Å²) in [6, 6.07) is 3.99. The van der Waals surface area contributed by atoms with Crippen molar-refractivity contribution in [2.24, 2.45) is 29.6 Å². The number of benzene rings is 1. The summed E-state index contributed by atoms with van der Waals surface area (Å²) in [6.07, 6.45) is 9.36. The van der Waals surface area contributed by atoms with E-state index in [0.29, 0.717) is 5.92 Å². The van der Waals surface area contributed by atoms with Crippen molar-refractivity contribution in [1.29, 1.82) is 0 Å². The van der Waals surface area contributed by atoms with Gasteiger partial charge in [0.15, 0.2) is 11.6 Å². The summed E-state index contributed by atoms with van der Waals surface area (Å²) in [6.45, 7) is 2.11. The highest BCUT2D eigenvalue weighted by Gasteiger charge is 2.44. The van der Waals surface area contributed by atoms with Gasteiger partial charge in [0, 0.05) is 0 Å². The van der Waals surface area contributed by atoms with E-state index in [-0.39, 0.29) is 5.92 Å². The summed E-state index contributed by atoms with van der Waals surface area (Å²) >= 11 is 0. The lowest BCUT2D eigenvalue weighted by Crippen LogP contribution is -2.41. The van der Waals surface area contributed by atoms with Gasteiger partial charge < -0.3 is 4.74 Å². The van der Waals surface area contributed by atoms with Crippen molar-refractivity contribution in [3.63, 3.8) is 0 Å². The fraction of sp³-hybridized carbons (Fsp3) is 0.667. The maximum Gasteiger partial charge on any atom is 0.573 e.